The highest BCUT2D eigenvalue weighted by molar-refractivity contribution is 5.98. The van der Waals surface area contributed by atoms with Gasteiger partial charge in [-0.05, 0) is 31.2 Å². The largest absolute Gasteiger partial charge is 0.396 e. The van der Waals surface area contributed by atoms with Crippen LogP contribution >= 0.6 is 0 Å². The summed E-state index contributed by atoms with van der Waals surface area (Å²) in [5.74, 6) is 0.460. The van der Waals surface area contributed by atoms with Gasteiger partial charge in [-0.2, -0.15) is 0 Å². The van der Waals surface area contributed by atoms with E-state index in [1.54, 1.807) is 0 Å². The summed E-state index contributed by atoms with van der Waals surface area (Å²) < 4.78 is 0. The molecule has 3 N–H and O–H groups in total. The van der Waals surface area contributed by atoms with Gasteiger partial charge in [0.05, 0.1) is 24.2 Å². The SMILES string of the molecule is OC[C@@H]1CCC[C@H](N2CNc3cnc4[nH]ccc4c32)C1. The van der Waals surface area contributed by atoms with Crippen molar-refractivity contribution in [2.24, 2.45) is 5.92 Å². The molecule has 1 aliphatic carbocycles. The van der Waals surface area contributed by atoms with Crippen molar-refractivity contribution in [3.05, 3.63) is 18.5 Å². The molecular formula is C15H20N4O. The number of aliphatic hydroxyl groups is 1. The van der Waals surface area contributed by atoms with Crippen molar-refractivity contribution in [1.29, 1.82) is 0 Å². The fourth-order valence-electron chi connectivity index (χ4n) is 3.71. The minimum absolute atomic E-state index is 0.320. The van der Waals surface area contributed by atoms with Crippen LogP contribution in [0.3, 0.4) is 0 Å². The summed E-state index contributed by atoms with van der Waals surface area (Å²) in [6.07, 6.45) is 8.55. The van der Waals surface area contributed by atoms with Crippen LogP contribution in [0.15, 0.2) is 18.5 Å². The van der Waals surface area contributed by atoms with Crippen molar-refractivity contribution in [2.45, 2.75) is 31.7 Å². The first-order chi connectivity index (χ1) is 9.86. The Labute approximate surface area is 118 Å². The maximum absolute atomic E-state index is 9.44. The molecule has 0 amide bonds. The number of rotatable bonds is 2. The van der Waals surface area contributed by atoms with Gasteiger partial charge in [-0.1, -0.05) is 6.42 Å². The Balaban J connectivity index is 1.71. The predicted octanol–water partition coefficient (Wildman–Crippen LogP) is 2.30. The van der Waals surface area contributed by atoms with E-state index in [0.717, 1.165) is 30.8 Å². The Hall–Kier alpha value is -1.75. The molecular weight excluding hydrogens is 252 g/mol. The molecule has 0 radical (unpaired) electrons. The van der Waals surface area contributed by atoms with Gasteiger partial charge in [-0.15, -0.1) is 0 Å². The van der Waals surface area contributed by atoms with Crippen LogP contribution < -0.4 is 10.2 Å². The molecule has 0 unspecified atom stereocenters. The number of aromatic amines is 1. The lowest BCUT2D eigenvalue weighted by molar-refractivity contribution is 0.178. The Morgan fingerprint density at radius 1 is 1.40 bits per heavy atom. The second kappa shape index (κ2) is 4.66. The minimum Gasteiger partial charge on any atom is -0.396 e. The van der Waals surface area contributed by atoms with Crippen LogP contribution in [0.5, 0.6) is 0 Å². The number of hydrogen-bond acceptors (Lipinski definition) is 4. The van der Waals surface area contributed by atoms with Crippen molar-refractivity contribution in [3.63, 3.8) is 0 Å². The molecule has 20 heavy (non-hydrogen) atoms. The monoisotopic (exact) mass is 272 g/mol. The number of aromatic nitrogens is 2. The fraction of sp³-hybridized carbons (Fsp3) is 0.533. The molecule has 4 rings (SSSR count). The molecule has 0 spiro atoms. The first-order valence-electron chi connectivity index (χ1n) is 7.44. The highest BCUT2D eigenvalue weighted by Crippen LogP contribution is 2.41. The molecule has 2 aromatic rings. The quantitative estimate of drug-likeness (QED) is 0.785. The van der Waals surface area contributed by atoms with Crippen molar-refractivity contribution in [3.8, 4) is 0 Å². The van der Waals surface area contributed by atoms with Gasteiger partial charge < -0.3 is 20.3 Å². The summed E-state index contributed by atoms with van der Waals surface area (Å²) in [7, 11) is 0. The summed E-state index contributed by atoms with van der Waals surface area (Å²) in [5, 5.41) is 14.1. The summed E-state index contributed by atoms with van der Waals surface area (Å²) in [5.41, 5.74) is 3.36. The molecule has 0 saturated heterocycles. The summed E-state index contributed by atoms with van der Waals surface area (Å²) in [6, 6.07) is 2.63. The van der Waals surface area contributed by atoms with Crippen molar-refractivity contribution < 1.29 is 5.11 Å². The molecule has 1 aliphatic heterocycles. The molecule has 0 aromatic carbocycles. The maximum Gasteiger partial charge on any atom is 0.139 e. The zero-order valence-electron chi connectivity index (χ0n) is 11.5. The molecule has 0 bridgehead atoms. The van der Waals surface area contributed by atoms with Crippen LogP contribution in [0.25, 0.3) is 11.0 Å². The molecule has 2 aromatic heterocycles. The van der Waals surface area contributed by atoms with E-state index in [-0.39, 0.29) is 0 Å². The Morgan fingerprint density at radius 3 is 3.25 bits per heavy atom. The molecule has 1 saturated carbocycles. The summed E-state index contributed by atoms with van der Waals surface area (Å²) in [6.45, 7) is 1.17. The van der Waals surface area contributed by atoms with Crippen molar-refractivity contribution in [2.75, 3.05) is 23.5 Å². The zero-order chi connectivity index (χ0) is 13.5. The van der Waals surface area contributed by atoms with Crippen LogP contribution in [0.2, 0.25) is 0 Å². The number of aliphatic hydroxyl groups excluding tert-OH is 1. The van der Waals surface area contributed by atoms with Gasteiger partial charge in [0.2, 0.25) is 0 Å². The van der Waals surface area contributed by atoms with Gasteiger partial charge in [-0.3, -0.25) is 0 Å². The van der Waals surface area contributed by atoms with E-state index in [1.807, 2.05) is 12.4 Å². The lowest BCUT2D eigenvalue weighted by Gasteiger charge is -2.35. The van der Waals surface area contributed by atoms with E-state index in [4.69, 9.17) is 0 Å². The topological polar surface area (TPSA) is 64.2 Å². The van der Waals surface area contributed by atoms with Gasteiger partial charge in [-0.25, -0.2) is 4.98 Å². The Bertz CT molecular complexity index is 623. The molecule has 2 atom stereocenters. The van der Waals surface area contributed by atoms with E-state index in [9.17, 15) is 5.11 Å². The van der Waals surface area contributed by atoms with Gasteiger partial charge in [0.25, 0.3) is 0 Å². The number of fused-ring (bicyclic) bond motifs is 3. The predicted molar refractivity (Wildman–Crippen MR) is 79.9 cm³/mol. The molecule has 3 heterocycles. The van der Waals surface area contributed by atoms with Crippen LogP contribution in [0.1, 0.15) is 25.7 Å². The van der Waals surface area contributed by atoms with E-state index < -0.39 is 0 Å². The molecule has 1 fully saturated rings. The lowest BCUT2D eigenvalue weighted by Crippen LogP contribution is -2.39. The number of pyridine rings is 1. The third-order valence-corrected chi connectivity index (χ3v) is 4.74. The number of nitrogens with one attached hydrogen (secondary N) is 2. The molecule has 2 aliphatic rings. The van der Waals surface area contributed by atoms with Crippen LogP contribution in [-0.4, -0.2) is 34.4 Å². The lowest BCUT2D eigenvalue weighted by atomic mass is 9.85. The normalized spacial score (nSPS) is 25.8. The van der Waals surface area contributed by atoms with Crippen molar-refractivity contribution >= 4 is 22.4 Å². The average Bonchev–Trinajstić information content (AvgIpc) is 3.12. The third kappa shape index (κ3) is 1.77. The second-order valence-corrected chi connectivity index (χ2v) is 5.93. The highest BCUT2D eigenvalue weighted by atomic mass is 16.3. The highest BCUT2D eigenvalue weighted by Gasteiger charge is 2.32. The minimum atomic E-state index is 0.320. The van der Waals surface area contributed by atoms with Gasteiger partial charge in [0.15, 0.2) is 0 Å². The zero-order valence-corrected chi connectivity index (χ0v) is 11.5. The number of hydrogen-bond donors (Lipinski definition) is 3. The third-order valence-electron chi connectivity index (χ3n) is 4.74. The van der Waals surface area contributed by atoms with Crippen LogP contribution in [-0.2, 0) is 0 Å². The first kappa shape index (κ1) is 12.0. The molecule has 5 nitrogen and oxygen atoms in total. The average molecular weight is 272 g/mol. The standard InChI is InChI=1S/C15H20N4O/c20-8-10-2-1-3-11(6-10)19-9-18-13-7-17-15-12(14(13)19)4-5-16-15/h4-5,7,10-11,18,20H,1-3,6,8-9H2,(H,16,17)/t10-,11+/m1/s1. The van der Waals surface area contributed by atoms with Gasteiger partial charge >= 0.3 is 0 Å². The summed E-state index contributed by atoms with van der Waals surface area (Å²) in [4.78, 5) is 10.1. The first-order valence-corrected chi connectivity index (χ1v) is 7.44. The smallest absolute Gasteiger partial charge is 0.139 e. The van der Waals surface area contributed by atoms with Crippen LogP contribution in [0, 0.1) is 5.92 Å². The number of anilines is 2. The van der Waals surface area contributed by atoms with Gasteiger partial charge in [0.1, 0.15) is 5.65 Å². The molecule has 5 heteroatoms. The van der Waals surface area contributed by atoms with E-state index in [2.05, 4.69) is 26.3 Å². The second-order valence-electron chi connectivity index (χ2n) is 5.93. The molecule has 106 valence electrons. The van der Waals surface area contributed by atoms with Crippen molar-refractivity contribution in [1.82, 2.24) is 9.97 Å². The Morgan fingerprint density at radius 2 is 2.35 bits per heavy atom. The van der Waals surface area contributed by atoms with Gasteiger partial charge in [0, 0.05) is 24.2 Å². The van der Waals surface area contributed by atoms with Crippen LogP contribution in [0.4, 0.5) is 11.4 Å². The Kier molecular flexibility index (Phi) is 2.80. The van der Waals surface area contributed by atoms with E-state index in [0.29, 0.717) is 18.6 Å². The van der Waals surface area contributed by atoms with E-state index >= 15 is 0 Å². The fourth-order valence-corrected chi connectivity index (χ4v) is 3.71. The maximum atomic E-state index is 9.44. The number of H-pyrrole nitrogens is 1. The van der Waals surface area contributed by atoms with E-state index in [1.165, 1.54) is 23.9 Å². The number of nitrogens with zero attached hydrogens (tertiary/aromatic N) is 2. The summed E-state index contributed by atoms with van der Waals surface area (Å²) >= 11 is 0.